The van der Waals surface area contributed by atoms with Crippen LogP contribution in [0.4, 0.5) is 4.79 Å². The molecule has 0 bridgehead atoms. The first-order chi connectivity index (χ1) is 9.86. The van der Waals surface area contributed by atoms with Crippen LogP contribution in [0.1, 0.15) is 6.42 Å². The van der Waals surface area contributed by atoms with Crippen molar-refractivity contribution >= 4 is 17.9 Å². The molecule has 0 aromatic heterocycles. The number of ether oxygens (including phenoxy) is 2. The third kappa shape index (κ3) is 2.83. The first-order valence-corrected chi connectivity index (χ1v) is 6.22. The lowest BCUT2D eigenvalue weighted by Crippen LogP contribution is -2.63. The number of carbonyl (C=O) groups excluding carboxylic acids is 2. The van der Waals surface area contributed by atoms with Crippen molar-refractivity contribution in [2.45, 2.75) is 37.0 Å². The number of methoxy groups -OCH3 is 1. The van der Waals surface area contributed by atoms with Gasteiger partial charge in [-0.15, -0.1) is 0 Å². The Morgan fingerprint density at radius 1 is 1.43 bits per heavy atom. The van der Waals surface area contributed by atoms with Crippen molar-refractivity contribution in [3.8, 4) is 0 Å². The summed E-state index contributed by atoms with van der Waals surface area (Å²) in [6.07, 6.45) is -5.59. The second-order valence-electron chi connectivity index (χ2n) is 4.82. The molecule has 2 unspecified atom stereocenters. The number of aliphatic carboxylic acids is 1. The Morgan fingerprint density at radius 2 is 2.10 bits per heavy atom. The number of carbonyl (C=O) groups is 3. The normalized spacial score (nSPS) is 36.7. The Balaban J connectivity index is 2.23. The second kappa shape index (κ2) is 5.93. The number of amides is 3. The third-order valence-electron chi connectivity index (χ3n) is 3.42. The zero-order chi connectivity index (χ0) is 15.7. The maximum Gasteiger partial charge on any atom is 0.327 e. The molecule has 0 aromatic carbocycles. The van der Waals surface area contributed by atoms with Gasteiger partial charge in [-0.2, -0.15) is 0 Å². The summed E-state index contributed by atoms with van der Waals surface area (Å²) < 4.78 is 10.1. The molecule has 2 rings (SSSR count). The van der Waals surface area contributed by atoms with Crippen LogP contribution in [-0.2, 0) is 19.1 Å². The smallest absolute Gasteiger partial charge is 0.327 e. The van der Waals surface area contributed by atoms with Crippen molar-refractivity contribution in [2.75, 3.05) is 13.7 Å². The fraction of sp³-hybridized carbons (Fsp3) is 0.727. The van der Waals surface area contributed by atoms with Gasteiger partial charge in [0.2, 0.25) is 5.91 Å². The van der Waals surface area contributed by atoms with Gasteiger partial charge in [-0.25, -0.2) is 9.59 Å². The van der Waals surface area contributed by atoms with Crippen LogP contribution in [0.15, 0.2) is 0 Å². The summed E-state index contributed by atoms with van der Waals surface area (Å²) in [6.45, 7) is -0.0408. The highest BCUT2D eigenvalue weighted by Gasteiger charge is 2.51. The van der Waals surface area contributed by atoms with Gasteiger partial charge in [-0.3, -0.25) is 15.0 Å². The average molecular weight is 304 g/mol. The largest absolute Gasteiger partial charge is 0.480 e. The number of carboxylic acids is 1. The molecular formula is C11H16N2O8. The predicted molar refractivity (Wildman–Crippen MR) is 64.0 cm³/mol. The molecule has 21 heavy (non-hydrogen) atoms. The van der Waals surface area contributed by atoms with Gasteiger partial charge in [-0.05, 0) is 0 Å². The summed E-state index contributed by atoms with van der Waals surface area (Å²) in [5, 5.41) is 30.9. The van der Waals surface area contributed by atoms with Gasteiger partial charge in [0.15, 0.2) is 6.23 Å². The first kappa shape index (κ1) is 15.6. The highest BCUT2D eigenvalue weighted by molar-refractivity contribution is 6.01. The SMILES string of the molecule is COC[C@H]1O[C@@H](N2C(=O)NC(=O)CC2C(=O)O)[C@@H](O)C1O. The highest BCUT2D eigenvalue weighted by atomic mass is 16.6. The minimum Gasteiger partial charge on any atom is -0.480 e. The van der Waals surface area contributed by atoms with Crippen LogP contribution >= 0.6 is 0 Å². The molecule has 3 amide bonds. The number of aliphatic hydroxyl groups excluding tert-OH is 2. The standard InChI is InChI=1S/C11H16N2O8/c1-20-3-5-7(15)8(16)9(21-5)13-4(10(17)18)2-6(14)12-11(13)19/h4-5,7-9,15-16H,2-3H2,1H3,(H,17,18)(H,12,14,19)/t4?,5-,7?,8+,9-/m1/s1. The van der Waals surface area contributed by atoms with E-state index >= 15 is 0 Å². The third-order valence-corrected chi connectivity index (χ3v) is 3.42. The lowest BCUT2D eigenvalue weighted by Gasteiger charge is -2.37. The number of rotatable bonds is 4. The van der Waals surface area contributed by atoms with Crippen LogP contribution in [-0.4, -0.2) is 82.4 Å². The van der Waals surface area contributed by atoms with E-state index < -0.39 is 54.9 Å². The molecule has 2 saturated heterocycles. The van der Waals surface area contributed by atoms with E-state index in [1.54, 1.807) is 0 Å². The topological polar surface area (TPSA) is 146 Å². The Labute approximate surface area is 119 Å². The zero-order valence-electron chi connectivity index (χ0n) is 11.1. The lowest BCUT2D eigenvalue weighted by atomic mass is 10.1. The van der Waals surface area contributed by atoms with Crippen LogP contribution in [0.25, 0.3) is 0 Å². The fourth-order valence-corrected chi connectivity index (χ4v) is 2.41. The molecule has 0 radical (unpaired) electrons. The molecule has 4 N–H and O–H groups in total. The fourth-order valence-electron chi connectivity index (χ4n) is 2.41. The lowest BCUT2D eigenvalue weighted by molar-refractivity contribution is -0.156. The molecule has 2 heterocycles. The molecule has 0 saturated carbocycles. The van der Waals surface area contributed by atoms with E-state index in [-0.39, 0.29) is 6.61 Å². The number of urea groups is 1. The first-order valence-electron chi connectivity index (χ1n) is 6.22. The number of hydrogen-bond donors (Lipinski definition) is 4. The van der Waals surface area contributed by atoms with Crippen LogP contribution in [0, 0.1) is 0 Å². The second-order valence-corrected chi connectivity index (χ2v) is 4.82. The van der Waals surface area contributed by atoms with Gasteiger partial charge in [0.1, 0.15) is 24.4 Å². The summed E-state index contributed by atoms with van der Waals surface area (Å²) in [6, 6.07) is -2.47. The van der Waals surface area contributed by atoms with E-state index in [0.29, 0.717) is 4.90 Å². The molecule has 118 valence electrons. The summed E-state index contributed by atoms with van der Waals surface area (Å²) in [7, 11) is 1.36. The predicted octanol–water partition coefficient (Wildman–Crippen LogP) is -2.53. The highest BCUT2D eigenvalue weighted by Crippen LogP contribution is 2.28. The molecule has 10 nitrogen and oxygen atoms in total. The average Bonchev–Trinajstić information content (AvgIpc) is 2.67. The molecule has 2 fully saturated rings. The van der Waals surface area contributed by atoms with Crippen LogP contribution in [0.2, 0.25) is 0 Å². The van der Waals surface area contributed by atoms with E-state index in [2.05, 4.69) is 0 Å². The van der Waals surface area contributed by atoms with E-state index in [9.17, 15) is 24.6 Å². The van der Waals surface area contributed by atoms with Crippen molar-refractivity contribution in [1.29, 1.82) is 0 Å². The summed E-state index contributed by atoms with van der Waals surface area (Å²) in [5.41, 5.74) is 0. The zero-order valence-corrected chi connectivity index (χ0v) is 11.1. The number of hydrogen-bond acceptors (Lipinski definition) is 7. The molecule has 5 atom stereocenters. The molecule has 10 heteroatoms. The quantitative estimate of drug-likeness (QED) is 0.445. The summed E-state index contributed by atoms with van der Waals surface area (Å²) in [5.74, 6) is -2.14. The van der Waals surface area contributed by atoms with Crippen molar-refractivity contribution < 1.29 is 39.2 Å². The summed E-state index contributed by atoms with van der Waals surface area (Å²) in [4.78, 5) is 35.0. The van der Waals surface area contributed by atoms with Gasteiger partial charge >= 0.3 is 12.0 Å². The van der Waals surface area contributed by atoms with Crippen LogP contribution in [0.5, 0.6) is 0 Å². The molecule has 0 aromatic rings. The number of carboxylic acid groups (broad SMARTS) is 1. The van der Waals surface area contributed by atoms with Crippen molar-refractivity contribution in [3.05, 3.63) is 0 Å². The monoisotopic (exact) mass is 304 g/mol. The maximum absolute atomic E-state index is 11.8. The van der Waals surface area contributed by atoms with Gasteiger partial charge in [0, 0.05) is 7.11 Å². The molecule has 2 aliphatic rings. The molecule has 0 aliphatic carbocycles. The molecular weight excluding hydrogens is 288 g/mol. The maximum atomic E-state index is 11.8. The Bertz CT molecular complexity index is 456. The number of imide groups is 1. The van der Waals surface area contributed by atoms with E-state index in [1.165, 1.54) is 7.11 Å². The van der Waals surface area contributed by atoms with Gasteiger partial charge in [0.05, 0.1) is 13.0 Å². The van der Waals surface area contributed by atoms with Crippen LogP contribution < -0.4 is 5.32 Å². The van der Waals surface area contributed by atoms with Crippen molar-refractivity contribution in [1.82, 2.24) is 10.2 Å². The summed E-state index contributed by atoms with van der Waals surface area (Å²) >= 11 is 0. The Hall–Kier alpha value is -1.75. The number of nitrogens with one attached hydrogen (secondary N) is 1. The Kier molecular flexibility index (Phi) is 4.42. The van der Waals surface area contributed by atoms with Gasteiger partial charge < -0.3 is 24.8 Å². The minimum atomic E-state index is -1.51. The number of nitrogens with zero attached hydrogens (tertiary/aromatic N) is 1. The van der Waals surface area contributed by atoms with Gasteiger partial charge in [-0.1, -0.05) is 0 Å². The van der Waals surface area contributed by atoms with E-state index in [1.807, 2.05) is 5.32 Å². The van der Waals surface area contributed by atoms with Crippen LogP contribution in [0.3, 0.4) is 0 Å². The van der Waals surface area contributed by atoms with Crippen molar-refractivity contribution in [3.63, 3.8) is 0 Å². The Morgan fingerprint density at radius 3 is 2.67 bits per heavy atom. The van der Waals surface area contributed by atoms with E-state index in [4.69, 9.17) is 14.6 Å². The number of aliphatic hydroxyl groups is 2. The minimum absolute atomic E-state index is 0.0408. The van der Waals surface area contributed by atoms with E-state index in [0.717, 1.165) is 0 Å². The molecule has 2 aliphatic heterocycles. The van der Waals surface area contributed by atoms with Gasteiger partial charge in [0.25, 0.3) is 0 Å². The van der Waals surface area contributed by atoms with Crippen molar-refractivity contribution in [2.24, 2.45) is 0 Å². The molecule has 0 spiro atoms.